The van der Waals surface area contributed by atoms with Crippen LogP contribution >= 0.6 is 0 Å². The third-order valence-corrected chi connectivity index (χ3v) is 4.79. The molecule has 0 amide bonds. The molecule has 0 atom stereocenters. The van der Waals surface area contributed by atoms with E-state index in [9.17, 15) is 31.7 Å². The average Bonchev–Trinajstić information content (AvgIpc) is 2.37. The first-order chi connectivity index (χ1) is 9.60. The predicted molar refractivity (Wildman–Crippen MR) is 69.0 cm³/mol. The number of rotatable bonds is 2. The van der Waals surface area contributed by atoms with Gasteiger partial charge in [-0.05, 0) is 12.1 Å². The van der Waals surface area contributed by atoms with Gasteiger partial charge in [0.2, 0.25) is 0 Å². The second kappa shape index (κ2) is 5.17. The van der Waals surface area contributed by atoms with Gasteiger partial charge in [-0.2, -0.15) is 13.2 Å². The SMILES string of the molecule is O=[N+]([O-])c1ccc(C(F)(F)F)cc1N1CCS(=O)(=O)CC1. The summed E-state index contributed by atoms with van der Waals surface area (Å²) in [6, 6.07) is 2.12. The van der Waals surface area contributed by atoms with E-state index in [-0.39, 0.29) is 30.3 Å². The topological polar surface area (TPSA) is 80.5 Å². The van der Waals surface area contributed by atoms with Crippen LogP contribution in [0.15, 0.2) is 18.2 Å². The molecule has 1 fully saturated rings. The maximum atomic E-state index is 12.7. The van der Waals surface area contributed by atoms with E-state index in [0.717, 1.165) is 6.07 Å². The molecular weight excluding hydrogens is 313 g/mol. The van der Waals surface area contributed by atoms with Crippen molar-refractivity contribution in [3.63, 3.8) is 0 Å². The van der Waals surface area contributed by atoms with Crippen LogP contribution in [0.4, 0.5) is 24.5 Å². The lowest BCUT2D eigenvalue weighted by Crippen LogP contribution is -2.40. The molecule has 0 spiro atoms. The Morgan fingerprint density at radius 3 is 2.24 bits per heavy atom. The van der Waals surface area contributed by atoms with Gasteiger partial charge in [0.05, 0.1) is 22.0 Å². The summed E-state index contributed by atoms with van der Waals surface area (Å²) >= 11 is 0. The minimum absolute atomic E-state index is 0.0650. The number of nitrogens with zero attached hydrogens (tertiary/aromatic N) is 2. The quantitative estimate of drug-likeness (QED) is 0.612. The molecule has 6 nitrogen and oxygen atoms in total. The highest BCUT2D eigenvalue weighted by Gasteiger charge is 2.34. The molecule has 10 heteroatoms. The fraction of sp³-hybridized carbons (Fsp3) is 0.455. The Hall–Kier alpha value is -1.84. The summed E-state index contributed by atoms with van der Waals surface area (Å²) in [6.07, 6.45) is -4.62. The number of sulfone groups is 1. The second-order valence-electron chi connectivity index (χ2n) is 4.60. The molecule has 21 heavy (non-hydrogen) atoms. The minimum atomic E-state index is -4.62. The lowest BCUT2D eigenvalue weighted by atomic mass is 10.1. The van der Waals surface area contributed by atoms with Crippen molar-refractivity contribution in [2.45, 2.75) is 6.18 Å². The fourth-order valence-electron chi connectivity index (χ4n) is 2.06. The molecule has 0 aliphatic carbocycles. The molecule has 1 aliphatic rings. The summed E-state index contributed by atoms with van der Waals surface area (Å²) in [4.78, 5) is 11.5. The van der Waals surface area contributed by atoms with Gasteiger partial charge in [-0.3, -0.25) is 10.1 Å². The van der Waals surface area contributed by atoms with Crippen LogP contribution in [0, 0.1) is 10.1 Å². The second-order valence-corrected chi connectivity index (χ2v) is 6.90. The summed E-state index contributed by atoms with van der Waals surface area (Å²) in [5.74, 6) is -0.471. The Morgan fingerprint density at radius 1 is 1.19 bits per heavy atom. The Bertz CT molecular complexity index is 659. The van der Waals surface area contributed by atoms with Crippen LogP contribution < -0.4 is 4.90 Å². The third-order valence-electron chi connectivity index (χ3n) is 3.18. The van der Waals surface area contributed by atoms with Crippen molar-refractivity contribution in [2.24, 2.45) is 0 Å². The van der Waals surface area contributed by atoms with Gasteiger partial charge in [0, 0.05) is 19.2 Å². The molecule has 116 valence electrons. The van der Waals surface area contributed by atoms with E-state index in [1.807, 2.05) is 0 Å². The largest absolute Gasteiger partial charge is 0.416 e. The number of hydrogen-bond acceptors (Lipinski definition) is 5. The highest BCUT2D eigenvalue weighted by molar-refractivity contribution is 7.91. The Labute approximate surface area is 118 Å². The van der Waals surface area contributed by atoms with Gasteiger partial charge in [0.1, 0.15) is 5.69 Å². The smallest absolute Gasteiger partial charge is 0.364 e. The first-order valence-electron chi connectivity index (χ1n) is 5.91. The molecule has 0 bridgehead atoms. The highest BCUT2D eigenvalue weighted by Crippen LogP contribution is 2.36. The van der Waals surface area contributed by atoms with Gasteiger partial charge in [0.25, 0.3) is 5.69 Å². The molecule has 0 unspecified atom stereocenters. The van der Waals surface area contributed by atoms with Gasteiger partial charge in [0.15, 0.2) is 9.84 Å². The standard InChI is InChI=1S/C11H11F3N2O4S/c12-11(13,14)8-1-2-9(16(17)18)10(7-8)15-3-5-21(19,20)6-4-15/h1-2,7H,3-6H2. The Balaban J connectivity index is 2.42. The number of benzene rings is 1. The molecule has 1 aromatic rings. The van der Waals surface area contributed by atoms with Crippen molar-refractivity contribution in [3.8, 4) is 0 Å². The van der Waals surface area contributed by atoms with Gasteiger partial charge in [-0.15, -0.1) is 0 Å². The molecule has 1 aliphatic heterocycles. The van der Waals surface area contributed by atoms with Gasteiger partial charge >= 0.3 is 6.18 Å². The van der Waals surface area contributed by atoms with Crippen molar-refractivity contribution >= 4 is 21.2 Å². The van der Waals surface area contributed by atoms with Crippen LogP contribution in [-0.2, 0) is 16.0 Å². The summed E-state index contributed by atoms with van der Waals surface area (Å²) in [5.41, 5.74) is -1.68. The molecule has 1 saturated heterocycles. The van der Waals surface area contributed by atoms with Crippen LogP contribution in [0.5, 0.6) is 0 Å². The summed E-state index contributed by atoms with van der Waals surface area (Å²) in [5, 5.41) is 10.9. The zero-order valence-electron chi connectivity index (χ0n) is 10.6. The first kappa shape index (κ1) is 15.5. The fourth-order valence-corrected chi connectivity index (χ4v) is 3.26. The number of nitro benzene ring substituents is 1. The summed E-state index contributed by atoms with van der Waals surface area (Å²) in [6.45, 7) is -0.130. The van der Waals surface area contributed by atoms with Crippen molar-refractivity contribution in [1.82, 2.24) is 0 Å². The summed E-state index contributed by atoms with van der Waals surface area (Å²) < 4.78 is 60.8. The van der Waals surface area contributed by atoms with Crippen LogP contribution in [0.2, 0.25) is 0 Å². The molecule has 0 N–H and O–H groups in total. The third kappa shape index (κ3) is 3.43. The average molecular weight is 324 g/mol. The van der Waals surface area contributed by atoms with Crippen molar-refractivity contribution in [3.05, 3.63) is 33.9 Å². The van der Waals surface area contributed by atoms with Crippen LogP contribution in [0.25, 0.3) is 0 Å². The predicted octanol–water partition coefficient (Wildman–Crippen LogP) is 1.85. The Morgan fingerprint density at radius 2 is 1.76 bits per heavy atom. The Kier molecular flexibility index (Phi) is 3.83. The molecule has 0 aromatic heterocycles. The molecule has 1 heterocycles. The van der Waals surface area contributed by atoms with Crippen molar-refractivity contribution in [1.29, 1.82) is 0 Å². The van der Waals surface area contributed by atoms with Gasteiger partial charge < -0.3 is 4.90 Å². The number of anilines is 1. The van der Waals surface area contributed by atoms with Crippen molar-refractivity contribution < 1.29 is 26.5 Å². The first-order valence-corrected chi connectivity index (χ1v) is 7.73. The molecule has 2 rings (SSSR count). The van der Waals surface area contributed by atoms with Gasteiger partial charge in [-0.1, -0.05) is 0 Å². The van der Waals surface area contributed by atoms with E-state index < -0.39 is 32.2 Å². The molecule has 0 radical (unpaired) electrons. The van der Waals surface area contributed by atoms with Crippen molar-refractivity contribution in [2.75, 3.05) is 29.5 Å². The number of halogens is 3. The lowest BCUT2D eigenvalue weighted by Gasteiger charge is -2.28. The summed E-state index contributed by atoms with van der Waals surface area (Å²) in [7, 11) is -3.23. The van der Waals surface area contributed by atoms with E-state index in [1.165, 1.54) is 4.90 Å². The van der Waals surface area contributed by atoms with E-state index in [2.05, 4.69) is 0 Å². The van der Waals surface area contributed by atoms with Crippen LogP contribution in [0.3, 0.4) is 0 Å². The van der Waals surface area contributed by atoms with E-state index in [1.54, 1.807) is 0 Å². The zero-order chi connectivity index (χ0) is 15.8. The normalized spacial score (nSPS) is 18.5. The number of hydrogen-bond donors (Lipinski definition) is 0. The maximum Gasteiger partial charge on any atom is 0.416 e. The molecular formula is C11H11F3N2O4S. The number of nitro groups is 1. The zero-order valence-corrected chi connectivity index (χ0v) is 11.4. The molecule has 1 aromatic carbocycles. The van der Waals surface area contributed by atoms with E-state index in [0.29, 0.717) is 12.1 Å². The monoisotopic (exact) mass is 324 g/mol. The van der Waals surface area contributed by atoms with Gasteiger partial charge in [-0.25, -0.2) is 8.42 Å². The highest BCUT2D eigenvalue weighted by atomic mass is 32.2. The van der Waals surface area contributed by atoms with E-state index >= 15 is 0 Å². The van der Waals surface area contributed by atoms with E-state index in [4.69, 9.17) is 0 Å². The van der Waals surface area contributed by atoms with Crippen LogP contribution in [0.1, 0.15) is 5.56 Å². The maximum absolute atomic E-state index is 12.7. The number of alkyl halides is 3. The van der Waals surface area contributed by atoms with Crippen LogP contribution in [-0.4, -0.2) is 37.9 Å². The lowest BCUT2D eigenvalue weighted by molar-refractivity contribution is -0.384. The minimum Gasteiger partial charge on any atom is -0.364 e. The molecule has 0 saturated carbocycles.